The van der Waals surface area contributed by atoms with Crippen molar-refractivity contribution >= 4 is 28.3 Å². The van der Waals surface area contributed by atoms with E-state index in [-0.39, 0.29) is 24.5 Å². The van der Waals surface area contributed by atoms with Crippen molar-refractivity contribution in [3.8, 4) is 11.5 Å². The molecule has 0 bridgehead atoms. The van der Waals surface area contributed by atoms with E-state index < -0.39 is 0 Å². The molecule has 3 rings (SSSR count). The van der Waals surface area contributed by atoms with Crippen LogP contribution in [0, 0.1) is 13.8 Å². The van der Waals surface area contributed by atoms with E-state index in [1.807, 2.05) is 13.8 Å². The van der Waals surface area contributed by atoms with Crippen molar-refractivity contribution in [3.05, 3.63) is 34.3 Å². The third-order valence-corrected chi connectivity index (χ3v) is 5.93. The van der Waals surface area contributed by atoms with E-state index in [4.69, 9.17) is 14.2 Å². The lowest BCUT2D eigenvalue weighted by atomic mass is 10.1. The van der Waals surface area contributed by atoms with Gasteiger partial charge in [-0.1, -0.05) is 0 Å². The second kappa shape index (κ2) is 9.90. The minimum Gasteiger partial charge on any atom is -0.497 e. The Hall–Kier alpha value is -2.65. The van der Waals surface area contributed by atoms with Crippen molar-refractivity contribution in [2.24, 2.45) is 0 Å². The smallest absolute Gasteiger partial charge is 0.254 e. The molecule has 0 radical (unpaired) electrons. The zero-order chi connectivity index (χ0) is 21.7. The fourth-order valence-electron chi connectivity index (χ4n) is 3.23. The largest absolute Gasteiger partial charge is 0.497 e. The van der Waals surface area contributed by atoms with Crippen LogP contribution in [0.25, 0.3) is 0 Å². The maximum absolute atomic E-state index is 13.3. The number of methoxy groups -OCH3 is 2. The molecule has 2 amide bonds. The normalized spacial score (nSPS) is 15.7. The Morgan fingerprint density at radius 1 is 1.23 bits per heavy atom. The zero-order valence-electron chi connectivity index (χ0n) is 17.7. The van der Waals surface area contributed by atoms with Crippen LogP contribution in [0.4, 0.5) is 5.13 Å². The number of nitrogens with one attached hydrogen (secondary N) is 1. The summed E-state index contributed by atoms with van der Waals surface area (Å²) in [6.07, 6.45) is 1.72. The molecule has 1 saturated heterocycles. The summed E-state index contributed by atoms with van der Waals surface area (Å²) in [4.78, 5) is 32.8. The lowest BCUT2D eigenvalue weighted by molar-refractivity contribution is -0.117. The third-order valence-electron chi connectivity index (χ3n) is 4.94. The number of rotatable bonds is 8. The maximum Gasteiger partial charge on any atom is 0.254 e. The van der Waals surface area contributed by atoms with Gasteiger partial charge in [0.25, 0.3) is 5.91 Å². The van der Waals surface area contributed by atoms with Crippen LogP contribution in [0.15, 0.2) is 18.2 Å². The van der Waals surface area contributed by atoms with Crippen molar-refractivity contribution in [1.82, 2.24) is 9.88 Å². The van der Waals surface area contributed by atoms with Gasteiger partial charge < -0.3 is 24.4 Å². The summed E-state index contributed by atoms with van der Waals surface area (Å²) < 4.78 is 16.2. The zero-order valence-corrected chi connectivity index (χ0v) is 18.5. The molecule has 1 atom stereocenters. The van der Waals surface area contributed by atoms with Gasteiger partial charge >= 0.3 is 0 Å². The maximum atomic E-state index is 13.3. The topological polar surface area (TPSA) is 90.0 Å². The molecule has 1 aliphatic rings. The predicted molar refractivity (Wildman–Crippen MR) is 115 cm³/mol. The molecule has 1 unspecified atom stereocenters. The molecule has 1 aromatic carbocycles. The van der Waals surface area contributed by atoms with Gasteiger partial charge in [0, 0.05) is 29.7 Å². The predicted octanol–water partition coefficient (Wildman–Crippen LogP) is 3.04. The van der Waals surface area contributed by atoms with E-state index in [1.54, 1.807) is 18.2 Å². The minimum atomic E-state index is -0.301. The Bertz CT molecular complexity index is 866. The van der Waals surface area contributed by atoms with Crippen molar-refractivity contribution in [2.45, 2.75) is 32.8 Å². The average Bonchev–Trinajstić information content (AvgIpc) is 3.35. The quantitative estimate of drug-likeness (QED) is 0.688. The number of hydrogen-bond acceptors (Lipinski definition) is 7. The van der Waals surface area contributed by atoms with E-state index in [9.17, 15) is 9.59 Å². The number of ether oxygens (including phenoxy) is 3. The summed E-state index contributed by atoms with van der Waals surface area (Å²) in [5.41, 5.74) is 1.27. The van der Waals surface area contributed by atoms with Gasteiger partial charge in [0.1, 0.15) is 18.0 Å². The van der Waals surface area contributed by atoms with Gasteiger partial charge in [-0.15, -0.1) is 11.3 Å². The summed E-state index contributed by atoms with van der Waals surface area (Å²) in [5.74, 6) is 0.426. The van der Waals surface area contributed by atoms with Crippen LogP contribution in [-0.2, 0) is 9.53 Å². The molecule has 2 aromatic rings. The van der Waals surface area contributed by atoms with Gasteiger partial charge in [-0.25, -0.2) is 4.98 Å². The van der Waals surface area contributed by atoms with Crippen LogP contribution in [0.3, 0.4) is 0 Å². The van der Waals surface area contributed by atoms with Crippen molar-refractivity contribution < 1.29 is 23.8 Å². The third kappa shape index (κ3) is 5.48. The molecule has 162 valence electrons. The van der Waals surface area contributed by atoms with Gasteiger partial charge in [0.05, 0.1) is 26.0 Å². The number of carbonyl (C=O) groups is 2. The first-order valence-electron chi connectivity index (χ1n) is 9.77. The number of hydrogen-bond donors (Lipinski definition) is 1. The first-order chi connectivity index (χ1) is 14.4. The molecule has 0 spiro atoms. The molecule has 1 fully saturated rings. The molecule has 2 heterocycles. The van der Waals surface area contributed by atoms with Gasteiger partial charge in [-0.05, 0) is 38.8 Å². The average molecular weight is 434 g/mol. The van der Waals surface area contributed by atoms with Crippen molar-refractivity contribution in [3.63, 3.8) is 0 Å². The SMILES string of the molecule is COc1cc(OC)cc(C(=O)N(CC(=O)Nc2nc(C)c(C)s2)CC2CCCO2)c1. The molecule has 0 aliphatic carbocycles. The summed E-state index contributed by atoms with van der Waals surface area (Å²) in [6, 6.07) is 4.97. The van der Waals surface area contributed by atoms with Crippen molar-refractivity contribution in [1.29, 1.82) is 0 Å². The molecule has 8 nitrogen and oxygen atoms in total. The summed E-state index contributed by atoms with van der Waals surface area (Å²) in [7, 11) is 3.05. The summed E-state index contributed by atoms with van der Waals surface area (Å²) >= 11 is 1.41. The Morgan fingerprint density at radius 3 is 2.47 bits per heavy atom. The highest BCUT2D eigenvalue weighted by Crippen LogP contribution is 2.25. The number of nitrogens with zero attached hydrogens (tertiary/aromatic N) is 2. The van der Waals surface area contributed by atoms with Gasteiger partial charge in [0.2, 0.25) is 5.91 Å². The Kier molecular flexibility index (Phi) is 7.28. The Morgan fingerprint density at radius 2 is 1.93 bits per heavy atom. The number of benzene rings is 1. The summed E-state index contributed by atoms with van der Waals surface area (Å²) in [6.45, 7) is 4.75. The van der Waals surface area contributed by atoms with E-state index in [0.717, 1.165) is 23.4 Å². The van der Waals surface area contributed by atoms with Crippen LogP contribution in [0.2, 0.25) is 0 Å². The molecule has 0 saturated carbocycles. The lowest BCUT2D eigenvalue weighted by Crippen LogP contribution is -2.42. The fraction of sp³-hybridized carbons (Fsp3) is 0.476. The van der Waals surface area contributed by atoms with E-state index in [2.05, 4.69) is 10.3 Å². The van der Waals surface area contributed by atoms with Gasteiger partial charge in [-0.3, -0.25) is 9.59 Å². The Labute approximate surface area is 180 Å². The second-order valence-corrected chi connectivity index (χ2v) is 8.33. The van der Waals surface area contributed by atoms with Gasteiger partial charge in [-0.2, -0.15) is 0 Å². The number of anilines is 1. The molecule has 9 heteroatoms. The standard InChI is InChI=1S/C21H27N3O5S/c1-13-14(2)30-21(22-13)23-19(25)12-24(11-16-6-5-7-29-16)20(26)15-8-17(27-3)10-18(9-15)28-4/h8-10,16H,5-7,11-12H2,1-4H3,(H,22,23,25). The van der Waals surface area contributed by atoms with E-state index in [1.165, 1.54) is 30.5 Å². The summed E-state index contributed by atoms with van der Waals surface area (Å²) in [5, 5.41) is 3.32. The highest BCUT2D eigenvalue weighted by molar-refractivity contribution is 7.15. The first-order valence-corrected chi connectivity index (χ1v) is 10.6. The molecule has 30 heavy (non-hydrogen) atoms. The van der Waals surface area contributed by atoms with E-state index in [0.29, 0.717) is 35.3 Å². The fourth-order valence-corrected chi connectivity index (χ4v) is 4.06. The first kappa shape index (κ1) is 22.0. The minimum absolute atomic E-state index is 0.0846. The van der Waals surface area contributed by atoms with Crippen LogP contribution < -0.4 is 14.8 Å². The Balaban J connectivity index is 1.78. The van der Waals surface area contributed by atoms with Crippen LogP contribution >= 0.6 is 11.3 Å². The highest BCUT2D eigenvalue weighted by Gasteiger charge is 2.26. The molecular weight excluding hydrogens is 406 g/mol. The number of thiazole rings is 1. The number of amides is 2. The molecule has 1 aromatic heterocycles. The lowest BCUT2D eigenvalue weighted by Gasteiger charge is -2.25. The van der Waals surface area contributed by atoms with Crippen LogP contribution in [0.1, 0.15) is 33.8 Å². The molecule has 1 aliphatic heterocycles. The highest BCUT2D eigenvalue weighted by atomic mass is 32.1. The van der Waals surface area contributed by atoms with Crippen LogP contribution in [-0.4, -0.2) is 61.7 Å². The van der Waals surface area contributed by atoms with Crippen LogP contribution in [0.5, 0.6) is 11.5 Å². The van der Waals surface area contributed by atoms with Gasteiger partial charge in [0.15, 0.2) is 5.13 Å². The second-order valence-electron chi connectivity index (χ2n) is 7.13. The molecule has 1 N–H and O–H groups in total. The van der Waals surface area contributed by atoms with Crippen molar-refractivity contribution in [2.75, 3.05) is 39.2 Å². The van der Waals surface area contributed by atoms with E-state index >= 15 is 0 Å². The monoisotopic (exact) mass is 433 g/mol. The molecular formula is C21H27N3O5S. The number of carbonyl (C=O) groups excluding carboxylic acids is 2. The number of aryl methyl sites for hydroxylation is 2. The number of aromatic nitrogens is 1.